The van der Waals surface area contributed by atoms with E-state index in [1.54, 1.807) is 38.3 Å². The molecule has 0 aliphatic carbocycles. The highest BCUT2D eigenvalue weighted by atomic mass is 16.6. The molecule has 1 aliphatic heterocycles. The summed E-state index contributed by atoms with van der Waals surface area (Å²) in [6.07, 6.45) is 5.51. The predicted octanol–water partition coefficient (Wildman–Crippen LogP) is 4.23. The quantitative estimate of drug-likeness (QED) is 0.0673. The first-order chi connectivity index (χ1) is 24.3. The normalized spacial score (nSPS) is 14.4. The lowest BCUT2D eigenvalue weighted by molar-refractivity contribution is 0.0499. The van der Waals surface area contributed by atoms with E-state index in [1.807, 2.05) is 4.90 Å². The van der Waals surface area contributed by atoms with E-state index in [-0.39, 0.29) is 41.6 Å². The Hall–Kier alpha value is -5.49. The number of fused-ring (bicyclic) bond motifs is 1. The number of unbranched alkanes of at least 4 members (excludes halogenated alkanes) is 4. The van der Waals surface area contributed by atoms with Crippen LogP contribution >= 0.6 is 0 Å². The van der Waals surface area contributed by atoms with Gasteiger partial charge < -0.3 is 25.4 Å². The number of piperidine rings is 1. The summed E-state index contributed by atoms with van der Waals surface area (Å²) >= 11 is 0. The van der Waals surface area contributed by atoms with Crippen molar-refractivity contribution in [2.45, 2.75) is 97.4 Å². The van der Waals surface area contributed by atoms with Crippen LogP contribution in [0, 0.1) is 11.8 Å². The van der Waals surface area contributed by atoms with Crippen LogP contribution < -0.4 is 26.8 Å². The first kappa shape index (κ1) is 38.3. The molecule has 17 heteroatoms. The number of alkyl carbamates (subject to hydrolysis) is 1. The smallest absolute Gasteiger partial charge is 0.407 e. The van der Waals surface area contributed by atoms with E-state index in [0.717, 1.165) is 49.5 Å². The number of hydrogen-bond acceptors (Lipinski definition) is 10. The van der Waals surface area contributed by atoms with Crippen LogP contribution in [-0.4, -0.2) is 78.7 Å². The van der Waals surface area contributed by atoms with Gasteiger partial charge in [-0.15, -0.1) is 5.92 Å². The van der Waals surface area contributed by atoms with Crippen molar-refractivity contribution < 1.29 is 19.4 Å². The Labute approximate surface area is 295 Å². The van der Waals surface area contributed by atoms with Gasteiger partial charge in [0, 0.05) is 44.2 Å². The second-order valence-corrected chi connectivity index (χ2v) is 13.4. The molecule has 1 fully saturated rings. The molecule has 1 amide bonds. The molecule has 274 valence electrons. The summed E-state index contributed by atoms with van der Waals surface area (Å²) < 4.78 is 9.35. The molecule has 3 aromatic heterocycles. The monoisotopic (exact) mass is 705 g/mol. The molecule has 3 N–H and O–H groups in total. The molecule has 0 aromatic carbocycles. The summed E-state index contributed by atoms with van der Waals surface area (Å²) in [5, 5.41) is 19.6. The van der Waals surface area contributed by atoms with Crippen molar-refractivity contribution in [1.29, 1.82) is 0 Å². The van der Waals surface area contributed by atoms with Crippen LogP contribution in [0.25, 0.3) is 21.6 Å². The van der Waals surface area contributed by atoms with Gasteiger partial charge in [0.15, 0.2) is 11.2 Å². The van der Waals surface area contributed by atoms with Gasteiger partial charge in [0.2, 0.25) is 5.95 Å². The molecule has 3 aromatic rings. The molecular formula is C34H47N11O6. The van der Waals surface area contributed by atoms with Crippen molar-refractivity contribution >= 4 is 35.0 Å². The van der Waals surface area contributed by atoms with Gasteiger partial charge in [-0.25, -0.2) is 19.4 Å². The Morgan fingerprint density at radius 2 is 1.88 bits per heavy atom. The van der Waals surface area contributed by atoms with Crippen molar-refractivity contribution in [2.75, 3.05) is 36.4 Å². The number of nitrogens with zero attached hydrogens (tertiary/aromatic N) is 9. The molecule has 4 heterocycles. The number of azide groups is 1. The Kier molecular flexibility index (Phi) is 13.1. The van der Waals surface area contributed by atoms with Crippen LogP contribution in [0.1, 0.15) is 88.7 Å². The molecule has 17 nitrogen and oxygen atoms in total. The number of anilines is 2. The lowest BCUT2D eigenvalue weighted by Gasteiger charge is -2.34. The molecule has 1 saturated heterocycles. The van der Waals surface area contributed by atoms with Crippen molar-refractivity contribution in [3.63, 3.8) is 0 Å². The second-order valence-electron chi connectivity index (χ2n) is 13.4. The number of carbonyl (C=O) groups is 2. The zero-order valence-corrected chi connectivity index (χ0v) is 29.9. The lowest BCUT2D eigenvalue weighted by Crippen LogP contribution is -2.49. The average molecular weight is 706 g/mol. The zero-order valence-electron chi connectivity index (χ0n) is 29.9. The molecule has 0 bridgehead atoms. The Morgan fingerprint density at radius 3 is 2.59 bits per heavy atom. The number of carboxylic acids is 1. The molecule has 51 heavy (non-hydrogen) atoms. The van der Waals surface area contributed by atoms with Crippen molar-refractivity contribution in [1.82, 2.24) is 29.0 Å². The van der Waals surface area contributed by atoms with Gasteiger partial charge in [-0.05, 0) is 71.0 Å². The van der Waals surface area contributed by atoms with Crippen LogP contribution in [0.4, 0.5) is 16.6 Å². The summed E-state index contributed by atoms with van der Waals surface area (Å²) in [4.78, 5) is 66.5. The number of amides is 1. The van der Waals surface area contributed by atoms with E-state index in [9.17, 15) is 24.3 Å². The zero-order chi connectivity index (χ0) is 37.1. The molecule has 1 atom stereocenters. The summed E-state index contributed by atoms with van der Waals surface area (Å²) in [5.74, 6) is 5.48. The van der Waals surface area contributed by atoms with Crippen LogP contribution in [0.2, 0.25) is 0 Å². The number of aromatic nitrogens is 5. The number of rotatable bonds is 15. The number of ether oxygens (including phenoxy) is 1. The van der Waals surface area contributed by atoms with Crippen LogP contribution in [0.3, 0.4) is 0 Å². The van der Waals surface area contributed by atoms with Gasteiger partial charge >= 0.3 is 17.8 Å². The van der Waals surface area contributed by atoms with E-state index in [1.165, 1.54) is 17.7 Å². The Bertz CT molecular complexity index is 1960. The van der Waals surface area contributed by atoms with E-state index < -0.39 is 28.9 Å². The maximum atomic E-state index is 14.2. The Balaban J connectivity index is 1.63. The number of aryl methyl sites for hydroxylation is 1. The van der Waals surface area contributed by atoms with E-state index in [4.69, 9.17) is 15.3 Å². The number of hydrogen-bond donors (Lipinski definition) is 3. The largest absolute Gasteiger partial charge is 0.478 e. The molecule has 4 rings (SSSR count). The summed E-state index contributed by atoms with van der Waals surface area (Å²) in [7, 11) is 1.51. The van der Waals surface area contributed by atoms with Gasteiger partial charge in [0.05, 0.1) is 24.3 Å². The number of pyridine rings is 1. The van der Waals surface area contributed by atoms with Crippen molar-refractivity contribution in [3.8, 4) is 11.8 Å². The van der Waals surface area contributed by atoms with Gasteiger partial charge in [-0.1, -0.05) is 30.3 Å². The maximum absolute atomic E-state index is 14.2. The summed E-state index contributed by atoms with van der Waals surface area (Å²) in [6.45, 7) is 8.87. The number of imidazole rings is 1. The highest BCUT2D eigenvalue weighted by Gasteiger charge is 2.29. The number of nitrogens with one attached hydrogen (secondary N) is 2. The first-order valence-electron chi connectivity index (χ1n) is 17.2. The molecule has 0 radical (unpaired) electrons. The van der Waals surface area contributed by atoms with Gasteiger partial charge in [-0.2, -0.15) is 4.98 Å². The van der Waals surface area contributed by atoms with Crippen molar-refractivity contribution in [2.24, 2.45) is 12.2 Å². The third-order valence-corrected chi connectivity index (χ3v) is 8.37. The fraction of sp³-hybridized carbons (Fsp3) is 0.588. The van der Waals surface area contributed by atoms with Crippen LogP contribution in [0.15, 0.2) is 26.8 Å². The third-order valence-electron chi connectivity index (χ3n) is 8.37. The fourth-order valence-corrected chi connectivity index (χ4v) is 5.96. The number of aromatic carboxylic acids is 1. The highest BCUT2D eigenvalue weighted by Crippen LogP contribution is 2.24. The number of carbonyl (C=O) groups excluding carboxylic acids is 1. The molecular weight excluding hydrogens is 658 g/mol. The standard InChI is InChI=1S/C34H47N11O6/c1-6-7-20-44-27-28(40-31(44)43-19-13-14-23(21-43)38-32(49)51-34(2,3)4)42(5)33(50)45(29(27)46)22-25-24(30(47)48)15-16-26(39-25)36-17-11-9-8-10-12-18-37-41-35/h15-16,23H,8-14,17-22H2,1-5H3,(H,36,39)(H,38,49)(H,47,48). The van der Waals surface area contributed by atoms with Crippen molar-refractivity contribution in [3.05, 3.63) is 54.7 Å². The van der Waals surface area contributed by atoms with Gasteiger partial charge in [0.25, 0.3) is 5.56 Å². The molecule has 0 spiro atoms. The fourth-order valence-electron chi connectivity index (χ4n) is 5.96. The van der Waals surface area contributed by atoms with Gasteiger partial charge in [0.1, 0.15) is 11.4 Å². The van der Waals surface area contributed by atoms with Gasteiger partial charge in [-0.3, -0.25) is 18.5 Å². The molecule has 1 unspecified atom stereocenters. The lowest BCUT2D eigenvalue weighted by atomic mass is 10.1. The Morgan fingerprint density at radius 1 is 1.14 bits per heavy atom. The topological polar surface area (TPSA) is 214 Å². The second kappa shape index (κ2) is 17.4. The average Bonchev–Trinajstić information content (AvgIpc) is 3.46. The van der Waals surface area contributed by atoms with E-state index >= 15 is 0 Å². The summed E-state index contributed by atoms with van der Waals surface area (Å²) in [6, 6.07) is 2.73. The molecule has 1 aliphatic rings. The minimum absolute atomic E-state index is 0.0517. The predicted molar refractivity (Wildman–Crippen MR) is 193 cm³/mol. The molecule has 0 saturated carbocycles. The summed E-state index contributed by atoms with van der Waals surface area (Å²) in [5.41, 5.74) is 6.62. The third kappa shape index (κ3) is 10.0. The minimum Gasteiger partial charge on any atom is -0.478 e. The maximum Gasteiger partial charge on any atom is 0.407 e. The highest BCUT2D eigenvalue weighted by molar-refractivity contribution is 5.89. The SMILES string of the molecule is CC#CCn1c(N2CCCC(NC(=O)OC(C)(C)C)C2)nc2c1c(=O)n(Cc1nc(NCCCCCCCN=[N+]=[N-])ccc1C(=O)O)c(=O)n2C. The van der Waals surface area contributed by atoms with E-state index in [0.29, 0.717) is 37.9 Å². The minimum atomic E-state index is -1.24. The first-order valence-corrected chi connectivity index (χ1v) is 17.2. The number of carboxylic acid groups (broad SMARTS) is 1. The van der Waals surface area contributed by atoms with E-state index in [2.05, 4.69) is 37.5 Å². The van der Waals surface area contributed by atoms with Crippen LogP contribution in [-0.2, 0) is 24.9 Å². The van der Waals surface area contributed by atoms with Crippen LogP contribution in [0.5, 0.6) is 0 Å².